The minimum absolute atomic E-state index is 0.264. The van der Waals surface area contributed by atoms with Crippen LogP contribution in [0.4, 0.5) is 10.1 Å². The highest BCUT2D eigenvalue weighted by molar-refractivity contribution is 7.92. The molecule has 0 fully saturated rings. The molecule has 2 heterocycles. The molecule has 0 bridgehead atoms. The second-order valence-corrected chi connectivity index (χ2v) is 5.24. The molecule has 0 aliphatic rings. The quantitative estimate of drug-likeness (QED) is 0.919. The fourth-order valence-corrected chi connectivity index (χ4v) is 2.43. The maximum atomic E-state index is 13.4. The van der Waals surface area contributed by atoms with Crippen molar-refractivity contribution in [1.29, 1.82) is 0 Å². The van der Waals surface area contributed by atoms with Crippen molar-refractivity contribution in [3.05, 3.63) is 48.2 Å². The first-order valence-corrected chi connectivity index (χ1v) is 6.52. The molecule has 7 heteroatoms. The minimum atomic E-state index is -4.04. The van der Waals surface area contributed by atoms with Crippen LogP contribution in [0.2, 0.25) is 0 Å². The Kier molecular flexibility index (Phi) is 3.24. The average Bonchev–Trinajstić information content (AvgIpc) is 2.28. The number of anilines is 1. The van der Waals surface area contributed by atoms with Gasteiger partial charge >= 0.3 is 0 Å². The summed E-state index contributed by atoms with van der Waals surface area (Å²) in [6.07, 6.45) is 4.14. The van der Waals surface area contributed by atoms with Crippen LogP contribution in [0.3, 0.4) is 0 Å². The Morgan fingerprint density at radius 3 is 2.78 bits per heavy atom. The molecule has 0 aliphatic carbocycles. The van der Waals surface area contributed by atoms with Crippen molar-refractivity contribution in [2.24, 2.45) is 0 Å². The minimum Gasteiger partial charge on any atom is -0.277 e. The van der Waals surface area contributed by atoms with E-state index in [1.807, 2.05) is 0 Å². The molecule has 0 spiro atoms. The molecular weight excluding hydrogens is 257 g/mol. The van der Waals surface area contributed by atoms with Gasteiger partial charge < -0.3 is 0 Å². The van der Waals surface area contributed by atoms with Gasteiger partial charge in [-0.05, 0) is 30.7 Å². The zero-order valence-corrected chi connectivity index (χ0v) is 10.3. The molecule has 5 nitrogen and oxygen atoms in total. The molecule has 0 saturated heterocycles. The van der Waals surface area contributed by atoms with Gasteiger partial charge in [0, 0.05) is 12.4 Å². The van der Waals surface area contributed by atoms with E-state index in [1.165, 1.54) is 18.5 Å². The second-order valence-electron chi connectivity index (χ2n) is 3.65. The highest BCUT2D eigenvalue weighted by Crippen LogP contribution is 2.16. The summed E-state index contributed by atoms with van der Waals surface area (Å²) in [5, 5.41) is -0.633. The first-order chi connectivity index (χ1) is 8.49. The van der Waals surface area contributed by atoms with E-state index in [0.29, 0.717) is 0 Å². The van der Waals surface area contributed by atoms with E-state index >= 15 is 0 Å². The average molecular weight is 267 g/mol. The van der Waals surface area contributed by atoms with Gasteiger partial charge in [-0.2, -0.15) is 8.42 Å². The van der Waals surface area contributed by atoms with Crippen LogP contribution in [0.25, 0.3) is 0 Å². The Hall–Kier alpha value is -2.02. The van der Waals surface area contributed by atoms with Gasteiger partial charge in [0.15, 0.2) is 5.82 Å². The molecule has 2 rings (SSSR count). The summed E-state index contributed by atoms with van der Waals surface area (Å²) in [4.78, 5) is 7.37. The highest BCUT2D eigenvalue weighted by Gasteiger charge is 2.20. The van der Waals surface area contributed by atoms with Crippen LogP contribution in [0.1, 0.15) is 5.56 Å². The van der Waals surface area contributed by atoms with Gasteiger partial charge in [-0.15, -0.1) is 0 Å². The Labute approximate surface area is 104 Å². The van der Waals surface area contributed by atoms with Gasteiger partial charge in [-0.25, -0.2) is 9.37 Å². The van der Waals surface area contributed by atoms with Crippen molar-refractivity contribution in [2.75, 3.05) is 4.72 Å². The lowest BCUT2D eigenvalue weighted by Crippen LogP contribution is -2.16. The number of nitrogens with one attached hydrogen (secondary N) is 1. The van der Waals surface area contributed by atoms with Crippen LogP contribution in [0, 0.1) is 12.7 Å². The Morgan fingerprint density at radius 1 is 1.33 bits per heavy atom. The number of nitrogens with zero attached hydrogens (tertiary/aromatic N) is 2. The molecule has 0 saturated carbocycles. The Bertz CT molecular complexity index is 673. The van der Waals surface area contributed by atoms with E-state index in [2.05, 4.69) is 14.7 Å². The maximum absolute atomic E-state index is 13.4. The maximum Gasteiger partial charge on any atom is 0.282 e. The van der Waals surface area contributed by atoms with Crippen LogP contribution in [-0.4, -0.2) is 18.4 Å². The number of sulfonamides is 1. The molecule has 2 aromatic heterocycles. The number of halogens is 1. The van der Waals surface area contributed by atoms with Gasteiger partial charge in [0.1, 0.15) is 0 Å². The third kappa shape index (κ3) is 2.62. The highest BCUT2D eigenvalue weighted by atomic mass is 32.2. The normalized spacial score (nSPS) is 11.2. The fraction of sp³-hybridized carbons (Fsp3) is 0.0909. The second kappa shape index (κ2) is 4.69. The van der Waals surface area contributed by atoms with E-state index in [4.69, 9.17) is 0 Å². The van der Waals surface area contributed by atoms with E-state index in [9.17, 15) is 12.8 Å². The number of hydrogen-bond acceptors (Lipinski definition) is 4. The van der Waals surface area contributed by atoms with E-state index in [1.54, 1.807) is 19.2 Å². The molecule has 0 atom stereocenters. The van der Waals surface area contributed by atoms with Crippen LogP contribution in [-0.2, 0) is 10.0 Å². The van der Waals surface area contributed by atoms with Gasteiger partial charge in [0.2, 0.25) is 5.03 Å². The van der Waals surface area contributed by atoms with Crippen molar-refractivity contribution >= 4 is 15.7 Å². The zero-order valence-electron chi connectivity index (χ0n) is 9.46. The first kappa shape index (κ1) is 12.4. The summed E-state index contributed by atoms with van der Waals surface area (Å²) < 4.78 is 39.4. The van der Waals surface area contributed by atoms with E-state index in [0.717, 1.165) is 11.6 Å². The molecular formula is C11H10FN3O2S. The van der Waals surface area contributed by atoms with Gasteiger partial charge in [0.05, 0.1) is 11.9 Å². The molecule has 0 radical (unpaired) electrons. The fourth-order valence-electron chi connectivity index (χ4n) is 1.38. The smallest absolute Gasteiger partial charge is 0.277 e. The third-order valence-corrected chi connectivity index (χ3v) is 3.42. The number of rotatable bonds is 3. The van der Waals surface area contributed by atoms with Crippen molar-refractivity contribution in [1.82, 2.24) is 9.97 Å². The molecule has 1 N–H and O–H groups in total. The lowest BCUT2D eigenvalue weighted by atomic mass is 10.3. The van der Waals surface area contributed by atoms with Crippen molar-refractivity contribution in [2.45, 2.75) is 11.9 Å². The molecule has 2 aromatic rings. The number of hydrogen-bond donors (Lipinski definition) is 1. The lowest BCUT2D eigenvalue weighted by molar-refractivity contribution is 0.557. The van der Waals surface area contributed by atoms with Crippen LogP contribution in [0.5, 0.6) is 0 Å². The van der Waals surface area contributed by atoms with Crippen molar-refractivity contribution in [3.63, 3.8) is 0 Å². The number of pyridine rings is 2. The van der Waals surface area contributed by atoms with Gasteiger partial charge in [-0.1, -0.05) is 0 Å². The molecule has 0 aliphatic heterocycles. The molecule has 0 unspecified atom stereocenters. The van der Waals surface area contributed by atoms with Crippen LogP contribution in [0.15, 0.2) is 41.8 Å². The largest absolute Gasteiger partial charge is 0.282 e. The Morgan fingerprint density at radius 2 is 2.11 bits per heavy atom. The summed E-state index contributed by atoms with van der Waals surface area (Å²) in [5.74, 6) is -0.898. The summed E-state index contributed by atoms with van der Waals surface area (Å²) in [7, 11) is -4.04. The molecule has 18 heavy (non-hydrogen) atoms. The summed E-state index contributed by atoms with van der Waals surface area (Å²) in [6, 6.07) is 3.95. The number of aromatic nitrogens is 2. The molecule has 94 valence electrons. The first-order valence-electron chi connectivity index (χ1n) is 5.04. The summed E-state index contributed by atoms with van der Waals surface area (Å²) in [6.45, 7) is 1.77. The van der Waals surface area contributed by atoms with E-state index < -0.39 is 20.9 Å². The predicted molar refractivity (Wildman–Crippen MR) is 64.0 cm³/mol. The zero-order chi connectivity index (χ0) is 13.2. The molecule has 0 amide bonds. The predicted octanol–water partition coefficient (Wildman–Crippen LogP) is 1.72. The van der Waals surface area contributed by atoms with Gasteiger partial charge in [0.25, 0.3) is 10.0 Å². The topological polar surface area (TPSA) is 72.0 Å². The monoisotopic (exact) mass is 267 g/mol. The SMILES string of the molecule is Cc1cncc(NS(=O)(=O)c2ncccc2F)c1. The number of aryl methyl sites for hydroxylation is 1. The summed E-state index contributed by atoms with van der Waals surface area (Å²) >= 11 is 0. The Balaban J connectivity index is 2.37. The summed E-state index contributed by atoms with van der Waals surface area (Å²) in [5.41, 5.74) is 1.05. The lowest BCUT2D eigenvalue weighted by Gasteiger charge is -2.07. The van der Waals surface area contributed by atoms with Crippen molar-refractivity contribution < 1.29 is 12.8 Å². The van der Waals surface area contributed by atoms with Crippen LogP contribution < -0.4 is 4.72 Å². The standard InChI is InChI=1S/C11H10FN3O2S/c1-8-5-9(7-13-6-8)15-18(16,17)11-10(12)3-2-4-14-11/h2-7,15H,1H3. The van der Waals surface area contributed by atoms with Gasteiger partial charge in [-0.3, -0.25) is 9.71 Å². The third-order valence-electron chi connectivity index (χ3n) is 2.11. The van der Waals surface area contributed by atoms with E-state index in [-0.39, 0.29) is 5.69 Å². The van der Waals surface area contributed by atoms with Crippen molar-refractivity contribution in [3.8, 4) is 0 Å². The molecule has 0 aromatic carbocycles. The van der Waals surface area contributed by atoms with Crippen LogP contribution >= 0.6 is 0 Å².